The smallest absolute Gasteiger partial charge is 0.213 e. The van der Waals surface area contributed by atoms with E-state index >= 15 is 0 Å². The van der Waals surface area contributed by atoms with Gasteiger partial charge in [-0.15, -0.1) is 0 Å². The van der Waals surface area contributed by atoms with E-state index in [0.29, 0.717) is 90.1 Å². The lowest BCUT2D eigenvalue weighted by Crippen LogP contribution is -2.06. The van der Waals surface area contributed by atoms with Crippen LogP contribution in [0.15, 0.2) is 270 Å². The second kappa shape index (κ2) is 31.5. The molecule has 110 heavy (non-hydrogen) atoms. The zero-order valence-electron chi connectivity index (χ0n) is 59.1. The predicted octanol–water partition coefficient (Wildman–Crippen LogP) is 15.8. The van der Waals surface area contributed by atoms with Crippen molar-refractivity contribution in [2.24, 2.45) is 0 Å². The fourth-order valence-corrected chi connectivity index (χ4v) is 12.5. The molecule has 528 valence electrons. The topological polar surface area (TPSA) is 341 Å². The van der Waals surface area contributed by atoms with Gasteiger partial charge >= 0.3 is 0 Å². The molecule has 4 N–H and O–H groups in total. The van der Waals surface area contributed by atoms with Crippen LogP contribution in [-0.2, 0) is 0 Å². The van der Waals surface area contributed by atoms with Crippen molar-refractivity contribution in [2.75, 3.05) is 26.6 Å². The third-order valence-corrected chi connectivity index (χ3v) is 18.0. The average Bonchev–Trinajstić information content (AvgIpc) is 1.25. The Bertz CT molecular complexity index is 6750. The van der Waals surface area contributed by atoms with Gasteiger partial charge in [0.2, 0.25) is 17.6 Å². The zero-order chi connectivity index (χ0) is 76.4. The predicted molar refractivity (Wildman–Crippen MR) is 422 cm³/mol. The lowest BCUT2D eigenvalue weighted by molar-refractivity contribution is 0.398. The molecule has 0 atom stereocenters. The molecule has 4 aromatic carbocycles. The van der Waals surface area contributed by atoms with E-state index in [1.54, 1.807) is 113 Å². The van der Waals surface area contributed by atoms with Crippen molar-refractivity contribution in [3.8, 4) is 131 Å². The Hall–Kier alpha value is -16.1. The van der Waals surface area contributed by atoms with Gasteiger partial charge in [-0.2, -0.15) is 21.0 Å². The number of pyridine rings is 11. The number of anilines is 1. The highest BCUT2D eigenvalue weighted by molar-refractivity contribution is 5.94. The molecule has 0 saturated heterocycles. The molecule has 0 amide bonds. The van der Waals surface area contributed by atoms with E-state index in [1.807, 2.05) is 145 Å². The molecule has 0 spiro atoms. The summed E-state index contributed by atoms with van der Waals surface area (Å²) < 4.78 is 17.7. The van der Waals surface area contributed by atoms with E-state index in [1.165, 1.54) is 18.2 Å². The molecule has 17 rings (SSSR count). The summed E-state index contributed by atoms with van der Waals surface area (Å²) in [6.45, 7) is 5.83. The van der Waals surface area contributed by atoms with Crippen LogP contribution in [0.4, 0.5) is 5.82 Å². The number of nitrogens with one attached hydrogen (secondary N) is 4. The van der Waals surface area contributed by atoms with E-state index in [9.17, 15) is 35.4 Å². The van der Waals surface area contributed by atoms with Gasteiger partial charge in [0.25, 0.3) is 0 Å². The normalized spacial score (nSPS) is 11.0. The Balaban J connectivity index is 0.000000122. The number of fused-ring (bicyclic) bond motifs is 5. The summed E-state index contributed by atoms with van der Waals surface area (Å²) in [6, 6.07) is 63.1. The second-order valence-corrected chi connectivity index (χ2v) is 24.7. The number of aromatic amines is 3. The number of nitrogens with zero attached hydrogens (tertiary/aromatic N) is 13. The molecule has 0 fully saturated rings. The first-order valence-corrected chi connectivity index (χ1v) is 33.9. The zero-order valence-corrected chi connectivity index (χ0v) is 59.1. The molecule has 23 nitrogen and oxygen atoms in total. The van der Waals surface area contributed by atoms with Crippen molar-refractivity contribution in [1.29, 1.82) is 21.0 Å². The summed E-state index contributed by atoms with van der Waals surface area (Å²) in [5, 5.41) is 41.9. The lowest BCUT2D eigenvalue weighted by atomic mass is 9.94. The molecule has 16 aromatic rings. The van der Waals surface area contributed by atoms with Gasteiger partial charge in [0.1, 0.15) is 28.4 Å². The Kier molecular flexibility index (Phi) is 20.3. The first-order chi connectivity index (χ1) is 53.7. The Labute approximate surface area is 627 Å². The maximum atomic E-state index is 12.4. The standard InChI is InChI=1S/C22H13N5O.C22H16N4O2.C22H16N4O.C21H14N4O2/c23-12-14-2-1-3-15(10-14)21-17(11-18-19(28)6-7-25-22(18)26-21)16-4-5-20-24-8-9-27(20)13-16;1-13-15(12-23)4-3-5-16(13)21-17(14-6-8-24-20(10-14)28-2)11-18-19(27)7-9-25-22(18)26-21;1-14-6-7-18-11-19(16-8-9-24-20(12-16)27-2)21(26-22(18)25-14)17-5-3-4-15(10-17)13-23;1-27-19-10-14(5-7-23-19)16-11-17-18(26)6-8-24-21(17)25-20(16)15-4-2-3-13(9-15)12-22/h1-11,13H,(H,25,26,28);3-11H,1-2H3,(H,25,26,27);3-12H,1H2,2H3,(H,25,26);2-11H,1H3,(H,24,25,26). The van der Waals surface area contributed by atoms with Crippen LogP contribution in [0.25, 0.3) is 134 Å². The van der Waals surface area contributed by atoms with Gasteiger partial charge in [-0.25, -0.2) is 39.9 Å². The van der Waals surface area contributed by atoms with Crippen LogP contribution in [0.5, 0.6) is 17.6 Å². The molecule has 1 aliphatic rings. The van der Waals surface area contributed by atoms with Crippen LogP contribution in [0.2, 0.25) is 0 Å². The first-order valence-electron chi connectivity index (χ1n) is 33.9. The van der Waals surface area contributed by atoms with E-state index in [0.717, 1.165) is 101 Å². The minimum absolute atomic E-state index is 0.0939. The summed E-state index contributed by atoms with van der Waals surface area (Å²) in [5.74, 6) is 2.20. The third-order valence-electron chi connectivity index (χ3n) is 18.0. The van der Waals surface area contributed by atoms with E-state index in [2.05, 4.69) is 82.1 Å². The van der Waals surface area contributed by atoms with Gasteiger partial charge in [-0.05, 0) is 138 Å². The number of aromatic nitrogens is 12. The van der Waals surface area contributed by atoms with Gasteiger partial charge in [0, 0.05) is 154 Å². The molecule has 13 heterocycles. The minimum atomic E-state index is -0.115. The van der Waals surface area contributed by atoms with Crippen molar-refractivity contribution in [1.82, 2.24) is 59.2 Å². The minimum Gasteiger partial charge on any atom is -0.481 e. The molecular weight excluding hydrogens is 1380 g/mol. The van der Waals surface area contributed by atoms with Crippen LogP contribution in [0.3, 0.4) is 0 Å². The fourth-order valence-electron chi connectivity index (χ4n) is 12.5. The molecule has 23 heteroatoms. The highest BCUT2D eigenvalue weighted by Crippen LogP contribution is 2.40. The molecular formula is C87H59N17O6. The van der Waals surface area contributed by atoms with Gasteiger partial charge in [0.15, 0.2) is 16.3 Å². The first kappa shape index (κ1) is 70.9. The van der Waals surface area contributed by atoms with Crippen molar-refractivity contribution < 1.29 is 14.2 Å². The second-order valence-electron chi connectivity index (χ2n) is 24.7. The van der Waals surface area contributed by atoms with E-state index < -0.39 is 0 Å². The summed E-state index contributed by atoms with van der Waals surface area (Å²) in [6.07, 6.45) is 19.2. The molecule has 0 saturated carbocycles. The number of imidazole rings is 1. The number of hydrogen-bond acceptors (Lipinski definition) is 19. The molecule has 12 aromatic heterocycles. The molecule has 0 radical (unpaired) electrons. The highest BCUT2D eigenvalue weighted by Gasteiger charge is 2.22. The molecule has 1 aliphatic heterocycles. The number of methoxy groups -OCH3 is 3. The van der Waals surface area contributed by atoms with Crippen LogP contribution in [0, 0.1) is 52.2 Å². The number of nitriles is 4. The van der Waals surface area contributed by atoms with Crippen LogP contribution < -0.4 is 35.8 Å². The van der Waals surface area contributed by atoms with Crippen molar-refractivity contribution in [3.05, 3.63) is 320 Å². The van der Waals surface area contributed by atoms with Gasteiger partial charge in [0.05, 0.1) is 107 Å². The highest BCUT2D eigenvalue weighted by atomic mass is 16.5. The van der Waals surface area contributed by atoms with Gasteiger partial charge < -0.3 is 38.9 Å². The summed E-state index contributed by atoms with van der Waals surface area (Å²) in [5.41, 5.74) is 19.7. The number of rotatable bonds is 11. The van der Waals surface area contributed by atoms with Crippen LogP contribution >= 0.6 is 0 Å². The molecule has 0 aliphatic carbocycles. The average molecular weight is 1440 g/mol. The van der Waals surface area contributed by atoms with E-state index in [4.69, 9.17) is 29.2 Å². The van der Waals surface area contributed by atoms with E-state index in [-0.39, 0.29) is 16.3 Å². The molecule has 0 unspecified atom stereocenters. The van der Waals surface area contributed by atoms with Crippen LogP contribution in [0.1, 0.15) is 33.4 Å². The van der Waals surface area contributed by atoms with Crippen molar-refractivity contribution in [2.45, 2.75) is 6.92 Å². The summed E-state index contributed by atoms with van der Waals surface area (Å²) in [4.78, 5) is 81.9. The number of H-pyrrole nitrogens is 3. The number of allylic oxidation sites excluding steroid dienone is 1. The Morgan fingerprint density at radius 1 is 0.409 bits per heavy atom. The SMILES string of the molecule is C=C1C=Cc2cc(-c3ccnc(OC)c3)c(-c3cccc(C#N)c3)nc2N1.COc1cc(-c2cc3c(=O)cc[nH]c3nc2-c2cccc(C#N)c2)ccn1.COc1cc(-c2cc3c(=O)cc[nH]c3nc2-c2cccc(C#N)c2C)ccn1.N#Cc1cccc(-c2nc3[nH]ccc(=O)c3cc2-c2ccc3nccn3c2)c1. The Morgan fingerprint density at radius 2 is 0.845 bits per heavy atom. The molecule has 0 bridgehead atoms. The summed E-state index contributed by atoms with van der Waals surface area (Å²) >= 11 is 0. The monoisotopic (exact) mass is 1440 g/mol. The largest absolute Gasteiger partial charge is 0.481 e. The van der Waals surface area contributed by atoms with Crippen molar-refractivity contribution >= 4 is 50.6 Å². The number of hydrogen-bond donors (Lipinski definition) is 4. The van der Waals surface area contributed by atoms with Gasteiger partial charge in [-0.3, -0.25) is 14.4 Å². The maximum Gasteiger partial charge on any atom is 0.213 e. The lowest BCUT2D eigenvalue weighted by Gasteiger charge is -2.18. The third kappa shape index (κ3) is 14.9. The Morgan fingerprint density at radius 3 is 1.31 bits per heavy atom. The number of ether oxygens (including phenoxy) is 3. The fraction of sp³-hybridized carbons (Fsp3) is 0.0460. The quantitative estimate of drug-likeness (QED) is 0.0934. The summed E-state index contributed by atoms with van der Waals surface area (Å²) in [7, 11) is 4.69. The number of benzene rings is 4. The van der Waals surface area contributed by atoms with Crippen LogP contribution in [-0.4, -0.2) is 80.6 Å². The van der Waals surface area contributed by atoms with Gasteiger partial charge in [-0.1, -0.05) is 55.1 Å². The maximum absolute atomic E-state index is 12.4. The van der Waals surface area contributed by atoms with Crippen molar-refractivity contribution in [3.63, 3.8) is 0 Å².